The van der Waals surface area contributed by atoms with Gasteiger partial charge in [-0.1, -0.05) is 12.2 Å². The smallest absolute Gasteiger partial charge is 0.273 e. The zero-order valence-electron chi connectivity index (χ0n) is 7.77. The number of thiazole rings is 1. The third-order valence-corrected chi connectivity index (χ3v) is 2.48. The summed E-state index contributed by atoms with van der Waals surface area (Å²) in [5.74, 6) is -0.0949. The number of aromatic nitrogens is 1. The molecule has 0 aliphatic carbocycles. The minimum absolute atomic E-state index is 0.0949. The molecular formula is C8H11N3OS2. The number of carbonyl (C=O) groups excluding carboxylic acids is 1. The number of hydrogen-bond acceptors (Lipinski definition) is 4. The fourth-order valence-electron chi connectivity index (χ4n) is 0.893. The van der Waals surface area contributed by atoms with Crippen LogP contribution in [0.2, 0.25) is 0 Å². The monoisotopic (exact) mass is 229 g/mol. The molecule has 76 valence electrons. The van der Waals surface area contributed by atoms with Crippen LogP contribution >= 0.6 is 23.6 Å². The lowest BCUT2D eigenvalue weighted by atomic mass is 10.3. The number of nitrogens with zero attached hydrogens (tertiary/aromatic N) is 2. The molecule has 1 rings (SSSR count). The summed E-state index contributed by atoms with van der Waals surface area (Å²) in [4.78, 5) is 17.5. The molecule has 0 unspecified atom stereocenters. The molecule has 0 bridgehead atoms. The molecule has 1 aromatic rings. The standard InChI is InChI=1S/C8H11N3OS2/c1-11(3-2-7(9)13)8(12)6-4-14-5-10-6/h4-5H,2-3H2,1H3,(H2,9,13). The Kier molecular flexibility index (Phi) is 3.97. The van der Waals surface area contributed by atoms with E-state index in [9.17, 15) is 4.79 Å². The second kappa shape index (κ2) is 5.02. The van der Waals surface area contributed by atoms with E-state index in [1.165, 1.54) is 11.3 Å². The van der Waals surface area contributed by atoms with Crippen molar-refractivity contribution in [3.05, 3.63) is 16.6 Å². The third-order valence-electron chi connectivity index (χ3n) is 1.69. The van der Waals surface area contributed by atoms with Crippen molar-refractivity contribution in [2.45, 2.75) is 6.42 Å². The van der Waals surface area contributed by atoms with Crippen molar-refractivity contribution >= 4 is 34.5 Å². The second-order valence-electron chi connectivity index (χ2n) is 2.82. The maximum atomic E-state index is 11.6. The Hall–Kier alpha value is -1.01. The van der Waals surface area contributed by atoms with Crippen molar-refractivity contribution in [2.75, 3.05) is 13.6 Å². The van der Waals surface area contributed by atoms with Crippen LogP contribution in [0.15, 0.2) is 10.9 Å². The molecule has 0 spiro atoms. The average molecular weight is 229 g/mol. The summed E-state index contributed by atoms with van der Waals surface area (Å²) < 4.78 is 0. The Morgan fingerprint density at radius 3 is 3.00 bits per heavy atom. The molecule has 0 aromatic carbocycles. The molecule has 0 aliphatic rings. The Labute approximate surface area is 91.7 Å². The molecule has 0 atom stereocenters. The van der Waals surface area contributed by atoms with Crippen LogP contribution in [-0.2, 0) is 0 Å². The maximum Gasteiger partial charge on any atom is 0.273 e. The van der Waals surface area contributed by atoms with Crippen LogP contribution in [0.1, 0.15) is 16.9 Å². The zero-order chi connectivity index (χ0) is 10.6. The molecule has 0 aliphatic heterocycles. The van der Waals surface area contributed by atoms with Crippen molar-refractivity contribution in [1.29, 1.82) is 0 Å². The SMILES string of the molecule is CN(CCC(N)=S)C(=O)c1cscn1. The summed E-state index contributed by atoms with van der Waals surface area (Å²) in [6, 6.07) is 0. The summed E-state index contributed by atoms with van der Waals surface area (Å²) >= 11 is 6.13. The normalized spacial score (nSPS) is 9.79. The summed E-state index contributed by atoms with van der Waals surface area (Å²) in [6.45, 7) is 0.533. The number of nitrogens with two attached hydrogens (primary N) is 1. The van der Waals surface area contributed by atoms with E-state index in [0.717, 1.165) is 0 Å². The van der Waals surface area contributed by atoms with Crippen LogP contribution in [-0.4, -0.2) is 34.4 Å². The maximum absolute atomic E-state index is 11.6. The summed E-state index contributed by atoms with van der Waals surface area (Å²) in [5.41, 5.74) is 7.45. The molecule has 1 heterocycles. The highest BCUT2D eigenvalue weighted by Crippen LogP contribution is 2.04. The van der Waals surface area contributed by atoms with Crippen molar-refractivity contribution in [1.82, 2.24) is 9.88 Å². The first-order valence-corrected chi connectivity index (χ1v) is 5.38. The molecule has 0 fully saturated rings. The van der Waals surface area contributed by atoms with Gasteiger partial charge in [-0.25, -0.2) is 4.98 Å². The molecule has 0 saturated carbocycles. The lowest BCUT2D eigenvalue weighted by Crippen LogP contribution is -2.30. The van der Waals surface area contributed by atoms with Gasteiger partial charge in [0.15, 0.2) is 0 Å². The molecule has 0 saturated heterocycles. The molecule has 1 aromatic heterocycles. The first-order chi connectivity index (χ1) is 6.61. The van der Waals surface area contributed by atoms with Crippen molar-refractivity contribution in [3.63, 3.8) is 0 Å². The lowest BCUT2D eigenvalue weighted by Gasteiger charge is -2.14. The highest BCUT2D eigenvalue weighted by atomic mass is 32.1. The fourth-order valence-corrected chi connectivity index (χ4v) is 1.51. The van der Waals surface area contributed by atoms with Gasteiger partial charge in [0.25, 0.3) is 5.91 Å². The number of amides is 1. The number of hydrogen-bond donors (Lipinski definition) is 1. The van der Waals surface area contributed by atoms with E-state index in [1.54, 1.807) is 22.8 Å². The lowest BCUT2D eigenvalue weighted by molar-refractivity contribution is 0.0794. The average Bonchev–Trinajstić information content (AvgIpc) is 2.65. The molecular weight excluding hydrogens is 218 g/mol. The largest absolute Gasteiger partial charge is 0.393 e. The summed E-state index contributed by atoms with van der Waals surface area (Å²) in [7, 11) is 1.71. The van der Waals surface area contributed by atoms with Gasteiger partial charge in [-0.2, -0.15) is 0 Å². The predicted molar refractivity (Wildman–Crippen MR) is 60.5 cm³/mol. The first-order valence-electron chi connectivity index (χ1n) is 4.03. The van der Waals surface area contributed by atoms with E-state index in [1.807, 2.05) is 0 Å². The van der Waals surface area contributed by atoms with E-state index in [0.29, 0.717) is 23.6 Å². The second-order valence-corrected chi connectivity index (χ2v) is 4.06. The fraction of sp³-hybridized carbons (Fsp3) is 0.375. The van der Waals surface area contributed by atoms with Gasteiger partial charge in [-0.15, -0.1) is 11.3 Å². The van der Waals surface area contributed by atoms with E-state index < -0.39 is 0 Å². The highest BCUT2D eigenvalue weighted by molar-refractivity contribution is 7.80. The summed E-state index contributed by atoms with van der Waals surface area (Å²) in [5, 5.41) is 1.72. The minimum atomic E-state index is -0.0949. The molecule has 2 N–H and O–H groups in total. The quantitative estimate of drug-likeness (QED) is 0.779. The number of thiocarbonyl (C=S) groups is 1. The minimum Gasteiger partial charge on any atom is -0.393 e. The molecule has 4 nitrogen and oxygen atoms in total. The first kappa shape index (κ1) is 11.1. The third kappa shape index (κ3) is 3.04. The molecule has 0 radical (unpaired) electrons. The molecule has 1 amide bonds. The number of carbonyl (C=O) groups is 1. The van der Waals surface area contributed by atoms with E-state index in [-0.39, 0.29) is 5.91 Å². The molecule has 14 heavy (non-hydrogen) atoms. The van der Waals surface area contributed by atoms with Crippen LogP contribution in [0.5, 0.6) is 0 Å². The Balaban J connectivity index is 2.49. The van der Waals surface area contributed by atoms with Crippen LogP contribution in [0.25, 0.3) is 0 Å². The Bertz CT molecular complexity index is 323. The van der Waals surface area contributed by atoms with Gasteiger partial charge in [0.05, 0.1) is 10.5 Å². The van der Waals surface area contributed by atoms with Crippen LogP contribution in [0.3, 0.4) is 0 Å². The van der Waals surface area contributed by atoms with Crippen molar-refractivity contribution < 1.29 is 4.79 Å². The van der Waals surface area contributed by atoms with Gasteiger partial charge in [-0.3, -0.25) is 4.79 Å². The van der Waals surface area contributed by atoms with Gasteiger partial charge in [-0.05, 0) is 0 Å². The van der Waals surface area contributed by atoms with Gasteiger partial charge < -0.3 is 10.6 Å². The van der Waals surface area contributed by atoms with E-state index in [4.69, 9.17) is 18.0 Å². The topological polar surface area (TPSA) is 59.2 Å². The van der Waals surface area contributed by atoms with Crippen LogP contribution in [0.4, 0.5) is 0 Å². The summed E-state index contributed by atoms with van der Waals surface area (Å²) in [6.07, 6.45) is 0.543. The zero-order valence-corrected chi connectivity index (χ0v) is 9.40. The number of rotatable bonds is 4. The van der Waals surface area contributed by atoms with Gasteiger partial charge >= 0.3 is 0 Å². The Morgan fingerprint density at radius 1 is 1.79 bits per heavy atom. The Morgan fingerprint density at radius 2 is 2.50 bits per heavy atom. The van der Waals surface area contributed by atoms with Crippen LogP contribution in [0, 0.1) is 0 Å². The van der Waals surface area contributed by atoms with E-state index >= 15 is 0 Å². The van der Waals surface area contributed by atoms with Gasteiger partial charge in [0.1, 0.15) is 5.69 Å². The highest BCUT2D eigenvalue weighted by Gasteiger charge is 2.12. The predicted octanol–water partition coefficient (Wildman–Crippen LogP) is 0.891. The molecule has 6 heteroatoms. The van der Waals surface area contributed by atoms with Crippen molar-refractivity contribution in [3.8, 4) is 0 Å². The van der Waals surface area contributed by atoms with Crippen LogP contribution < -0.4 is 5.73 Å². The van der Waals surface area contributed by atoms with Crippen molar-refractivity contribution in [2.24, 2.45) is 5.73 Å². The van der Waals surface area contributed by atoms with Gasteiger partial charge in [0.2, 0.25) is 0 Å². The van der Waals surface area contributed by atoms with Gasteiger partial charge in [0, 0.05) is 25.4 Å². The van der Waals surface area contributed by atoms with E-state index in [2.05, 4.69) is 4.98 Å².